The van der Waals surface area contributed by atoms with Crippen molar-refractivity contribution in [3.63, 3.8) is 0 Å². The fourth-order valence-corrected chi connectivity index (χ4v) is 2.74. The van der Waals surface area contributed by atoms with E-state index in [0.717, 1.165) is 3.57 Å². The van der Waals surface area contributed by atoms with Crippen LogP contribution >= 0.6 is 38.5 Å². The van der Waals surface area contributed by atoms with Crippen molar-refractivity contribution in [2.45, 2.75) is 13.0 Å². The highest BCUT2D eigenvalue weighted by Crippen LogP contribution is 2.32. The summed E-state index contributed by atoms with van der Waals surface area (Å²) in [7, 11) is 0. The standard InChI is InChI=1S/C14H10BrF2IO/c1-7-2-4-9(13(17)12(7)16)14(19)10-6-8(18)3-5-11(10)15/h2-6,14,19H,1H3. The Labute approximate surface area is 131 Å². The third kappa shape index (κ3) is 2.98. The maximum absolute atomic E-state index is 13.9. The Kier molecular flexibility index (Phi) is 4.58. The van der Waals surface area contributed by atoms with Gasteiger partial charge in [-0.05, 0) is 53.3 Å². The van der Waals surface area contributed by atoms with Crippen molar-refractivity contribution in [1.82, 2.24) is 0 Å². The molecule has 19 heavy (non-hydrogen) atoms. The van der Waals surface area contributed by atoms with Gasteiger partial charge in [-0.1, -0.05) is 28.1 Å². The first-order valence-corrected chi connectivity index (χ1v) is 7.36. The van der Waals surface area contributed by atoms with Gasteiger partial charge < -0.3 is 5.11 Å². The molecular weight excluding hydrogens is 429 g/mol. The molecule has 100 valence electrons. The van der Waals surface area contributed by atoms with Gasteiger partial charge in [0.2, 0.25) is 0 Å². The Hall–Kier alpha value is -0.530. The van der Waals surface area contributed by atoms with Crippen molar-refractivity contribution in [2.24, 2.45) is 0 Å². The lowest BCUT2D eigenvalue weighted by Crippen LogP contribution is -2.06. The van der Waals surface area contributed by atoms with Gasteiger partial charge >= 0.3 is 0 Å². The Morgan fingerprint density at radius 2 is 1.79 bits per heavy atom. The first-order chi connectivity index (χ1) is 8.91. The number of aryl methyl sites for hydroxylation is 1. The number of rotatable bonds is 2. The second-order valence-corrected chi connectivity index (χ2v) is 6.27. The molecule has 2 aromatic carbocycles. The van der Waals surface area contributed by atoms with Crippen molar-refractivity contribution < 1.29 is 13.9 Å². The highest BCUT2D eigenvalue weighted by atomic mass is 127. The van der Waals surface area contributed by atoms with Gasteiger partial charge in [-0.25, -0.2) is 8.78 Å². The number of aliphatic hydroxyl groups is 1. The van der Waals surface area contributed by atoms with E-state index in [1.54, 1.807) is 12.1 Å². The summed E-state index contributed by atoms with van der Waals surface area (Å²) in [6, 6.07) is 8.21. The number of hydrogen-bond acceptors (Lipinski definition) is 1. The summed E-state index contributed by atoms with van der Waals surface area (Å²) in [5.41, 5.74) is 0.662. The molecule has 0 heterocycles. The summed E-state index contributed by atoms with van der Waals surface area (Å²) in [5.74, 6) is -1.92. The topological polar surface area (TPSA) is 20.2 Å². The first-order valence-electron chi connectivity index (χ1n) is 5.49. The third-order valence-corrected chi connectivity index (χ3v) is 4.25. The van der Waals surface area contributed by atoms with E-state index in [1.807, 2.05) is 6.07 Å². The minimum Gasteiger partial charge on any atom is -0.384 e. The SMILES string of the molecule is Cc1ccc(C(O)c2cc(I)ccc2Br)c(F)c1F. The largest absolute Gasteiger partial charge is 0.384 e. The second-order valence-electron chi connectivity index (χ2n) is 4.17. The van der Waals surface area contributed by atoms with Crippen molar-refractivity contribution in [3.05, 3.63) is 66.7 Å². The van der Waals surface area contributed by atoms with Crippen molar-refractivity contribution >= 4 is 38.5 Å². The molecule has 1 N–H and O–H groups in total. The van der Waals surface area contributed by atoms with Gasteiger partial charge in [0.15, 0.2) is 11.6 Å². The summed E-state index contributed by atoms with van der Waals surface area (Å²) in [4.78, 5) is 0. The lowest BCUT2D eigenvalue weighted by molar-refractivity contribution is 0.212. The fraction of sp³-hybridized carbons (Fsp3) is 0.143. The van der Waals surface area contributed by atoms with Crippen LogP contribution in [0.25, 0.3) is 0 Å². The molecule has 0 fully saturated rings. The first kappa shape index (κ1) is 14.9. The molecule has 0 aliphatic rings. The van der Waals surface area contributed by atoms with Crippen LogP contribution in [0.4, 0.5) is 8.78 Å². The minimum atomic E-state index is -1.21. The van der Waals surface area contributed by atoms with E-state index in [1.165, 1.54) is 19.1 Å². The molecule has 0 amide bonds. The van der Waals surface area contributed by atoms with Crippen molar-refractivity contribution in [1.29, 1.82) is 0 Å². The van der Waals surface area contributed by atoms with E-state index in [0.29, 0.717) is 10.0 Å². The van der Waals surface area contributed by atoms with E-state index in [9.17, 15) is 13.9 Å². The van der Waals surface area contributed by atoms with Crippen molar-refractivity contribution in [2.75, 3.05) is 0 Å². The van der Waals surface area contributed by atoms with Gasteiger partial charge in [-0.15, -0.1) is 0 Å². The summed E-state index contributed by atoms with van der Waals surface area (Å²) < 4.78 is 29.0. The molecule has 1 unspecified atom stereocenters. The van der Waals surface area contributed by atoms with E-state index < -0.39 is 17.7 Å². The maximum atomic E-state index is 13.9. The quantitative estimate of drug-likeness (QED) is 0.672. The van der Waals surface area contributed by atoms with Crippen LogP contribution in [-0.2, 0) is 0 Å². The smallest absolute Gasteiger partial charge is 0.165 e. The normalized spacial score (nSPS) is 12.5. The molecule has 0 aliphatic heterocycles. The fourth-order valence-electron chi connectivity index (χ4n) is 1.76. The summed E-state index contributed by atoms with van der Waals surface area (Å²) in [5, 5.41) is 10.3. The average molecular weight is 439 g/mol. The molecule has 1 atom stereocenters. The number of aliphatic hydroxyl groups excluding tert-OH is 1. The average Bonchev–Trinajstić information content (AvgIpc) is 2.38. The van der Waals surface area contributed by atoms with Crippen LogP contribution in [0.1, 0.15) is 22.8 Å². The minimum absolute atomic E-state index is 0.0641. The van der Waals surface area contributed by atoms with E-state index in [2.05, 4.69) is 38.5 Å². The Morgan fingerprint density at radius 1 is 1.11 bits per heavy atom. The zero-order valence-corrected chi connectivity index (χ0v) is 13.7. The predicted molar refractivity (Wildman–Crippen MR) is 82.0 cm³/mol. The number of benzene rings is 2. The van der Waals surface area contributed by atoms with E-state index in [-0.39, 0.29) is 11.1 Å². The second kappa shape index (κ2) is 5.85. The molecule has 0 spiro atoms. The molecule has 0 saturated carbocycles. The molecule has 1 nitrogen and oxygen atoms in total. The molecular formula is C14H10BrF2IO. The van der Waals surface area contributed by atoms with Crippen LogP contribution in [0.3, 0.4) is 0 Å². The molecule has 0 aromatic heterocycles. The highest BCUT2D eigenvalue weighted by molar-refractivity contribution is 14.1. The lowest BCUT2D eigenvalue weighted by Gasteiger charge is -2.15. The Bertz CT molecular complexity index is 631. The van der Waals surface area contributed by atoms with Crippen LogP contribution in [0.2, 0.25) is 0 Å². The maximum Gasteiger partial charge on any atom is 0.165 e. The van der Waals surface area contributed by atoms with Crippen LogP contribution in [0.5, 0.6) is 0 Å². The van der Waals surface area contributed by atoms with Gasteiger partial charge in [0.25, 0.3) is 0 Å². The van der Waals surface area contributed by atoms with Gasteiger partial charge in [0, 0.05) is 19.2 Å². The van der Waals surface area contributed by atoms with E-state index >= 15 is 0 Å². The summed E-state index contributed by atoms with van der Waals surface area (Å²) in [6.45, 7) is 1.48. The molecule has 0 bridgehead atoms. The van der Waals surface area contributed by atoms with E-state index in [4.69, 9.17) is 0 Å². The zero-order chi connectivity index (χ0) is 14.2. The third-order valence-electron chi connectivity index (χ3n) is 2.85. The molecule has 2 rings (SSSR count). The monoisotopic (exact) mass is 438 g/mol. The Balaban J connectivity index is 2.53. The predicted octanol–water partition coefficient (Wildman–Crippen LogP) is 4.72. The van der Waals surface area contributed by atoms with Crippen LogP contribution in [0, 0.1) is 22.1 Å². The lowest BCUT2D eigenvalue weighted by atomic mass is 9.99. The van der Waals surface area contributed by atoms with Gasteiger partial charge in [-0.2, -0.15) is 0 Å². The number of halogens is 4. The molecule has 0 saturated heterocycles. The van der Waals surface area contributed by atoms with Crippen LogP contribution in [-0.4, -0.2) is 5.11 Å². The van der Waals surface area contributed by atoms with Crippen LogP contribution in [0.15, 0.2) is 34.8 Å². The highest BCUT2D eigenvalue weighted by Gasteiger charge is 2.21. The molecule has 0 radical (unpaired) electrons. The molecule has 2 aromatic rings. The van der Waals surface area contributed by atoms with Crippen molar-refractivity contribution in [3.8, 4) is 0 Å². The van der Waals surface area contributed by atoms with Crippen LogP contribution < -0.4 is 0 Å². The zero-order valence-electron chi connectivity index (χ0n) is 9.92. The van der Waals surface area contributed by atoms with Gasteiger partial charge in [-0.3, -0.25) is 0 Å². The summed E-state index contributed by atoms with van der Waals surface area (Å²) in [6.07, 6.45) is -1.21. The summed E-state index contributed by atoms with van der Waals surface area (Å²) >= 11 is 5.40. The van der Waals surface area contributed by atoms with Gasteiger partial charge in [0.05, 0.1) is 0 Å². The molecule has 5 heteroatoms. The van der Waals surface area contributed by atoms with Gasteiger partial charge in [0.1, 0.15) is 6.10 Å². The Morgan fingerprint density at radius 3 is 2.47 bits per heavy atom. The number of hydrogen-bond donors (Lipinski definition) is 1. The molecule has 0 aliphatic carbocycles.